The first-order chi connectivity index (χ1) is 8.26. The molecule has 86 valence electrons. The molecule has 1 rings (SSSR count). The van der Waals surface area contributed by atoms with Crippen molar-refractivity contribution in [2.24, 2.45) is 0 Å². The van der Waals surface area contributed by atoms with Crippen molar-refractivity contribution in [3.05, 3.63) is 29.8 Å². The van der Waals surface area contributed by atoms with Crippen molar-refractivity contribution in [1.29, 1.82) is 5.26 Å². The van der Waals surface area contributed by atoms with Crippen LogP contribution in [0.2, 0.25) is 0 Å². The highest BCUT2D eigenvalue weighted by molar-refractivity contribution is 5.89. The van der Waals surface area contributed by atoms with Crippen molar-refractivity contribution < 1.29 is 4.79 Å². The number of rotatable bonds is 3. The minimum absolute atomic E-state index is 0.294. The zero-order valence-electron chi connectivity index (χ0n) is 9.58. The molecule has 0 aliphatic heterocycles. The molecule has 2 amide bonds. The van der Waals surface area contributed by atoms with Crippen LogP contribution in [0.25, 0.3) is 0 Å². The van der Waals surface area contributed by atoms with Gasteiger partial charge >= 0.3 is 6.03 Å². The van der Waals surface area contributed by atoms with Gasteiger partial charge in [-0.25, -0.2) is 4.79 Å². The number of carbonyl (C=O) groups excluding carboxylic acids is 1. The number of anilines is 1. The third kappa shape index (κ3) is 4.72. The Balaban J connectivity index is 2.44. The van der Waals surface area contributed by atoms with E-state index in [0.29, 0.717) is 24.2 Å². The first-order valence-corrected chi connectivity index (χ1v) is 5.21. The molecule has 0 aliphatic carbocycles. The Hall–Kier alpha value is -2.46. The largest absolute Gasteiger partial charge is 0.337 e. The van der Waals surface area contributed by atoms with Gasteiger partial charge in [0.15, 0.2) is 0 Å². The standard InChI is InChI=1S/C13H13N3O/c1-2-3-4-8-15-13(17)16-12-7-5-6-11(9-12)10-14/h5-7,9H,4,8H2,1H3,(H2,15,16,17). The fourth-order valence-electron chi connectivity index (χ4n) is 1.21. The highest BCUT2D eigenvalue weighted by Crippen LogP contribution is 2.09. The van der Waals surface area contributed by atoms with Crippen LogP contribution in [0.5, 0.6) is 0 Å². The molecule has 1 aromatic carbocycles. The van der Waals surface area contributed by atoms with Gasteiger partial charge in [-0.05, 0) is 25.1 Å². The second-order valence-electron chi connectivity index (χ2n) is 3.25. The average Bonchev–Trinajstić information content (AvgIpc) is 2.35. The summed E-state index contributed by atoms with van der Waals surface area (Å²) < 4.78 is 0. The molecule has 0 bridgehead atoms. The number of nitrogens with one attached hydrogen (secondary N) is 2. The topological polar surface area (TPSA) is 64.9 Å². The van der Waals surface area contributed by atoms with Crippen LogP contribution in [0, 0.1) is 23.2 Å². The smallest absolute Gasteiger partial charge is 0.319 e. The Labute approximate surface area is 101 Å². The lowest BCUT2D eigenvalue weighted by atomic mass is 10.2. The van der Waals surface area contributed by atoms with Crippen LogP contribution >= 0.6 is 0 Å². The monoisotopic (exact) mass is 227 g/mol. The second-order valence-corrected chi connectivity index (χ2v) is 3.25. The molecule has 4 heteroatoms. The van der Waals surface area contributed by atoms with Crippen molar-refractivity contribution in [2.75, 3.05) is 11.9 Å². The maximum atomic E-state index is 11.4. The summed E-state index contributed by atoms with van der Waals surface area (Å²) in [4.78, 5) is 11.4. The SMILES string of the molecule is CC#CCCNC(=O)Nc1cccc(C#N)c1. The summed E-state index contributed by atoms with van der Waals surface area (Å²) in [6.45, 7) is 2.26. The van der Waals surface area contributed by atoms with Gasteiger partial charge in [-0.2, -0.15) is 5.26 Å². The number of carbonyl (C=O) groups is 1. The van der Waals surface area contributed by atoms with Gasteiger partial charge < -0.3 is 10.6 Å². The van der Waals surface area contributed by atoms with Crippen LogP contribution < -0.4 is 10.6 Å². The zero-order valence-corrected chi connectivity index (χ0v) is 9.58. The van der Waals surface area contributed by atoms with E-state index < -0.39 is 0 Å². The number of benzene rings is 1. The van der Waals surface area contributed by atoms with E-state index in [1.54, 1.807) is 31.2 Å². The Morgan fingerprint density at radius 1 is 1.47 bits per heavy atom. The molecule has 4 nitrogen and oxygen atoms in total. The number of amides is 2. The first kappa shape index (κ1) is 12.6. The lowest BCUT2D eigenvalue weighted by molar-refractivity contribution is 0.252. The van der Waals surface area contributed by atoms with Crippen LogP contribution in [0.15, 0.2) is 24.3 Å². The van der Waals surface area contributed by atoms with Crippen LogP contribution in [0.3, 0.4) is 0 Å². The summed E-state index contributed by atoms with van der Waals surface area (Å²) in [7, 11) is 0. The van der Waals surface area contributed by atoms with Crippen molar-refractivity contribution in [3.8, 4) is 17.9 Å². The molecule has 0 unspecified atom stereocenters. The van der Waals surface area contributed by atoms with Gasteiger partial charge in [0.05, 0.1) is 11.6 Å². The highest BCUT2D eigenvalue weighted by atomic mass is 16.2. The molecule has 0 atom stereocenters. The van der Waals surface area contributed by atoms with Gasteiger partial charge in [-0.3, -0.25) is 0 Å². The van der Waals surface area contributed by atoms with Gasteiger partial charge in [0, 0.05) is 18.7 Å². The van der Waals surface area contributed by atoms with E-state index >= 15 is 0 Å². The number of nitrogens with zero attached hydrogens (tertiary/aromatic N) is 1. The molecule has 0 aromatic heterocycles. The lowest BCUT2D eigenvalue weighted by Gasteiger charge is -2.06. The molecule has 0 saturated heterocycles. The van der Waals surface area contributed by atoms with Crippen molar-refractivity contribution in [3.63, 3.8) is 0 Å². The van der Waals surface area contributed by atoms with E-state index in [1.165, 1.54) is 0 Å². The predicted octanol–water partition coefficient (Wildman–Crippen LogP) is 2.09. The first-order valence-electron chi connectivity index (χ1n) is 5.21. The Morgan fingerprint density at radius 3 is 3.00 bits per heavy atom. The van der Waals surface area contributed by atoms with E-state index in [-0.39, 0.29) is 6.03 Å². The molecule has 0 spiro atoms. The maximum absolute atomic E-state index is 11.4. The number of urea groups is 1. The van der Waals surface area contributed by atoms with Crippen molar-refractivity contribution >= 4 is 11.7 Å². The lowest BCUT2D eigenvalue weighted by Crippen LogP contribution is -2.29. The minimum atomic E-state index is -0.294. The van der Waals surface area contributed by atoms with E-state index in [9.17, 15) is 4.79 Å². The van der Waals surface area contributed by atoms with Gasteiger partial charge in [0.1, 0.15) is 0 Å². The van der Waals surface area contributed by atoms with E-state index in [2.05, 4.69) is 22.5 Å². The molecule has 0 heterocycles. The summed E-state index contributed by atoms with van der Waals surface area (Å²) >= 11 is 0. The molecule has 0 aliphatic rings. The Bertz CT molecular complexity index is 491. The zero-order chi connectivity index (χ0) is 12.5. The summed E-state index contributed by atoms with van der Waals surface area (Å²) in [5.41, 5.74) is 1.11. The normalized spacial score (nSPS) is 8.47. The fraction of sp³-hybridized carbons (Fsp3) is 0.231. The Morgan fingerprint density at radius 2 is 2.29 bits per heavy atom. The quantitative estimate of drug-likeness (QED) is 0.613. The number of hydrogen-bond donors (Lipinski definition) is 2. The maximum Gasteiger partial charge on any atom is 0.319 e. The summed E-state index contributed by atoms with van der Waals surface area (Å²) in [6.07, 6.45) is 0.627. The van der Waals surface area contributed by atoms with Gasteiger partial charge in [0.2, 0.25) is 0 Å². The molecule has 1 aromatic rings. The van der Waals surface area contributed by atoms with Gasteiger partial charge in [0.25, 0.3) is 0 Å². The van der Waals surface area contributed by atoms with Crippen LogP contribution in [-0.2, 0) is 0 Å². The average molecular weight is 227 g/mol. The third-order valence-corrected chi connectivity index (χ3v) is 1.96. The summed E-state index contributed by atoms with van der Waals surface area (Å²) in [5, 5.41) is 14.0. The number of hydrogen-bond acceptors (Lipinski definition) is 2. The van der Waals surface area contributed by atoms with Crippen LogP contribution in [0.1, 0.15) is 18.9 Å². The molecule has 2 N–H and O–H groups in total. The third-order valence-electron chi connectivity index (χ3n) is 1.96. The number of nitriles is 1. The minimum Gasteiger partial charge on any atom is -0.337 e. The molecule has 0 saturated carbocycles. The molecular weight excluding hydrogens is 214 g/mol. The predicted molar refractivity (Wildman–Crippen MR) is 66.2 cm³/mol. The van der Waals surface area contributed by atoms with Crippen LogP contribution in [0.4, 0.5) is 10.5 Å². The highest BCUT2D eigenvalue weighted by Gasteiger charge is 2.00. The van der Waals surface area contributed by atoms with Gasteiger partial charge in [-0.15, -0.1) is 11.8 Å². The molecule has 17 heavy (non-hydrogen) atoms. The fourth-order valence-corrected chi connectivity index (χ4v) is 1.21. The van der Waals surface area contributed by atoms with Crippen molar-refractivity contribution in [1.82, 2.24) is 5.32 Å². The van der Waals surface area contributed by atoms with Crippen LogP contribution in [-0.4, -0.2) is 12.6 Å². The second kappa shape index (κ2) is 6.92. The Kier molecular flexibility index (Phi) is 5.13. The molecule has 0 radical (unpaired) electrons. The molecule has 0 fully saturated rings. The van der Waals surface area contributed by atoms with E-state index in [4.69, 9.17) is 5.26 Å². The molecular formula is C13H13N3O. The summed E-state index contributed by atoms with van der Waals surface area (Å²) in [6, 6.07) is 8.46. The van der Waals surface area contributed by atoms with Gasteiger partial charge in [-0.1, -0.05) is 6.07 Å². The van der Waals surface area contributed by atoms with E-state index in [0.717, 1.165) is 0 Å². The van der Waals surface area contributed by atoms with Crippen molar-refractivity contribution in [2.45, 2.75) is 13.3 Å². The van der Waals surface area contributed by atoms with E-state index in [1.807, 2.05) is 6.07 Å². The summed E-state index contributed by atoms with van der Waals surface area (Å²) in [5.74, 6) is 5.60.